The number of hydrogen-bond acceptors (Lipinski definition) is 4. The molecule has 4 rings (SSSR count). The smallest absolute Gasteiger partial charge is 0.264 e. The topological polar surface area (TPSA) is 86.8 Å². The maximum atomic E-state index is 14.6. The molecular weight excluding hydrogens is 582 g/mol. The van der Waals surface area contributed by atoms with E-state index in [1.807, 2.05) is 95.3 Å². The minimum atomic E-state index is -4.14. The van der Waals surface area contributed by atoms with Gasteiger partial charge in [-0.05, 0) is 74.6 Å². The van der Waals surface area contributed by atoms with Gasteiger partial charge in [0.2, 0.25) is 11.8 Å². The van der Waals surface area contributed by atoms with Gasteiger partial charge in [0, 0.05) is 19.0 Å². The lowest BCUT2D eigenvalue weighted by molar-refractivity contribution is -0.140. The van der Waals surface area contributed by atoms with Crippen LogP contribution in [0.2, 0.25) is 0 Å². The van der Waals surface area contributed by atoms with Gasteiger partial charge in [0.25, 0.3) is 10.0 Å². The quantitative estimate of drug-likeness (QED) is 0.187. The van der Waals surface area contributed by atoms with Gasteiger partial charge in [-0.2, -0.15) is 0 Å². The van der Waals surface area contributed by atoms with Crippen LogP contribution in [0.5, 0.6) is 0 Å². The van der Waals surface area contributed by atoms with Crippen molar-refractivity contribution in [3.8, 4) is 0 Å². The first-order valence-corrected chi connectivity index (χ1v) is 16.8. The number of nitrogens with zero attached hydrogens (tertiary/aromatic N) is 2. The lowest BCUT2D eigenvalue weighted by atomic mass is 10.0. The van der Waals surface area contributed by atoms with Crippen LogP contribution in [0.15, 0.2) is 108 Å². The molecule has 0 aromatic heterocycles. The summed E-state index contributed by atoms with van der Waals surface area (Å²) in [5.41, 5.74) is 4.85. The molecule has 45 heavy (non-hydrogen) atoms. The summed E-state index contributed by atoms with van der Waals surface area (Å²) in [5.74, 6) is -0.754. The van der Waals surface area contributed by atoms with Crippen molar-refractivity contribution >= 4 is 27.5 Å². The minimum absolute atomic E-state index is 0.0827. The normalized spacial score (nSPS) is 12.6. The molecule has 0 fully saturated rings. The Morgan fingerprint density at radius 3 is 2.07 bits per heavy atom. The van der Waals surface area contributed by atoms with Gasteiger partial charge in [-0.3, -0.25) is 13.9 Å². The van der Waals surface area contributed by atoms with Gasteiger partial charge in [-0.25, -0.2) is 8.42 Å². The van der Waals surface area contributed by atoms with Gasteiger partial charge in [0.15, 0.2) is 0 Å². The molecule has 2 amide bonds. The number of hydrogen-bond donors (Lipinski definition) is 1. The number of benzene rings is 4. The van der Waals surface area contributed by atoms with Crippen LogP contribution >= 0.6 is 0 Å². The zero-order valence-electron chi connectivity index (χ0n) is 26.7. The van der Waals surface area contributed by atoms with E-state index in [-0.39, 0.29) is 29.8 Å². The molecule has 0 heterocycles. The van der Waals surface area contributed by atoms with Crippen molar-refractivity contribution < 1.29 is 18.0 Å². The molecule has 0 spiro atoms. The zero-order chi connectivity index (χ0) is 32.6. The van der Waals surface area contributed by atoms with Gasteiger partial charge in [-0.1, -0.05) is 97.4 Å². The van der Waals surface area contributed by atoms with E-state index in [2.05, 4.69) is 5.32 Å². The van der Waals surface area contributed by atoms with E-state index in [1.165, 1.54) is 21.3 Å². The predicted octanol–water partition coefficient (Wildman–Crippen LogP) is 6.36. The average Bonchev–Trinajstić information content (AvgIpc) is 3.03. The van der Waals surface area contributed by atoms with Gasteiger partial charge in [-0.15, -0.1) is 0 Å². The molecule has 0 bridgehead atoms. The molecule has 4 aromatic carbocycles. The third kappa shape index (κ3) is 8.39. The predicted molar refractivity (Wildman–Crippen MR) is 180 cm³/mol. The van der Waals surface area contributed by atoms with E-state index < -0.39 is 28.5 Å². The average molecular weight is 626 g/mol. The van der Waals surface area contributed by atoms with Crippen molar-refractivity contribution in [3.63, 3.8) is 0 Å². The Bertz CT molecular complexity index is 1710. The van der Waals surface area contributed by atoms with Crippen molar-refractivity contribution in [2.45, 2.75) is 71.0 Å². The van der Waals surface area contributed by atoms with Crippen molar-refractivity contribution in [1.82, 2.24) is 10.2 Å². The Hall–Kier alpha value is -4.43. The summed E-state index contributed by atoms with van der Waals surface area (Å²) in [6, 6.07) is 29.9. The highest BCUT2D eigenvalue weighted by molar-refractivity contribution is 7.92. The molecule has 0 aliphatic rings. The van der Waals surface area contributed by atoms with E-state index in [4.69, 9.17) is 0 Å². The molecule has 1 N–H and O–H groups in total. The second-order valence-corrected chi connectivity index (χ2v) is 13.4. The van der Waals surface area contributed by atoms with Gasteiger partial charge in [0.1, 0.15) is 12.6 Å². The first-order valence-electron chi connectivity index (χ1n) is 15.3. The maximum Gasteiger partial charge on any atom is 0.264 e. The maximum absolute atomic E-state index is 14.6. The second-order valence-electron chi connectivity index (χ2n) is 11.6. The number of carbonyl (C=O) groups is 2. The fourth-order valence-corrected chi connectivity index (χ4v) is 6.73. The standard InChI is InChI=1S/C37H43N3O4S/c1-6-29(4)38-37(42)35(24-31-17-9-7-10-18-31)39(25-32-19-13-15-27(2)23-32)36(41)26-40(34-22-14-16-28(3)30(34)5)45(43,44)33-20-11-8-12-21-33/h7-23,29,35H,6,24-26H2,1-5H3,(H,38,42)/t29-,35+/m0/s1. The highest BCUT2D eigenvalue weighted by atomic mass is 32.2. The molecule has 2 atom stereocenters. The van der Waals surface area contributed by atoms with Crippen LogP contribution in [-0.4, -0.2) is 43.8 Å². The monoisotopic (exact) mass is 625 g/mol. The van der Waals surface area contributed by atoms with Gasteiger partial charge in [0.05, 0.1) is 10.6 Å². The molecule has 0 unspecified atom stereocenters. The molecule has 8 heteroatoms. The number of anilines is 1. The van der Waals surface area contributed by atoms with E-state index in [0.717, 1.165) is 34.2 Å². The number of sulfonamides is 1. The molecular formula is C37H43N3O4S. The van der Waals surface area contributed by atoms with Crippen LogP contribution in [0.3, 0.4) is 0 Å². The van der Waals surface area contributed by atoms with Gasteiger partial charge < -0.3 is 10.2 Å². The molecule has 7 nitrogen and oxygen atoms in total. The lowest BCUT2D eigenvalue weighted by Gasteiger charge is -2.34. The fourth-order valence-electron chi connectivity index (χ4n) is 5.24. The van der Waals surface area contributed by atoms with E-state index in [0.29, 0.717) is 5.69 Å². The van der Waals surface area contributed by atoms with Crippen LogP contribution in [0.4, 0.5) is 5.69 Å². The number of nitrogens with one attached hydrogen (secondary N) is 1. The van der Waals surface area contributed by atoms with Crippen molar-refractivity contribution in [2.24, 2.45) is 0 Å². The molecule has 0 saturated heterocycles. The summed E-state index contributed by atoms with van der Waals surface area (Å²) in [7, 11) is -4.14. The highest BCUT2D eigenvalue weighted by Gasteiger charge is 2.35. The summed E-state index contributed by atoms with van der Waals surface area (Å²) >= 11 is 0. The largest absolute Gasteiger partial charge is 0.352 e. The Kier molecular flexibility index (Phi) is 11.2. The number of rotatable bonds is 13. The summed E-state index contributed by atoms with van der Waals surface area (Å²) in [5, 5.41) is 3.08. The number of aryl methyl sites for hydroxylation is 2. The Balaban J connectivity index is 1.83. The van der Waals surface area contributed by atoms with E-state index in [1.54, 1.807) is 30.3 Å². The first-order chi connectivity index (χ1) is 21.5. The van der Waals surface area contributed by atoms with Crippen LogP contribution in [0.25, 0.3) is 0 Å². The molecule has 0 aliphatic heterocycles. The summed E-state index contributed by atoms with van der Waals surface area (Å²) in [4.78, 5) is 30.2. The van der Waals surface area contributed by atoms with Gasteiger partial charge >= 0.3 is 0 Å². The van der Waals surface area contributed by atoms with E-state index in [9.17, 15) is 18.0 Å². The summed E-state index contributed by atoms with van der Waals surface area (Å²) in [6.45, 7) is 9.31. The summed E-state index contributed by atoms with van der Waals surface area (Å²) in [6.07, 6.45) is 1.00. The van der Waals surface area contributed by atoms with Crippen LogP contribution in [0.1, 0.15) is 48.1 Å². The highest BCUT2D eigenvalue weighted by Crippen LogP contribution is 2.29. The molecule has 0 saturated carbocycles. The second kappa shape index (κ2) is 15.0. The Labute approximate surface area is 268 Å². The van der Waals surface area contributed by atoms with Crippen LogP contribution < -0.4 is 9.62 Å². The SMILES string of the molecule is CC[C@H](C)NC(=O)[C@@H](Cc1ccccc1)N(Cc1cccc(C)c1)C(=O)CN(c1cccc(C)c1C)S(=O)(=O)c1ccccc1. The summed E-state index contributed by atoms with van der Waals surface area (Å²) < 4.78 is 29.6. The molecule has 4 aromatic rings. The fraction of sp³-hybridized carbons (Fsp3) is 0.297. The number of amides is 2. The van der Waals surface area contributed by atoms with Crippen molar-refractivity contribution in [3.05, 3.63) is 131 Å². The Morgan fingerprint density at radius 2 is 1.42 bits per heavy atom. The first kappa shape index (κ1) is 33.5. The van der Waals surface area contributed by atoms with Crippen LogP contribution in [0, 0.1) is 20.8 Å². The van der Waals surface area contributed by atoms with Crippen molar-refractivity contribution in [1.29, 1.82) is 0 Å². The third-order valence-corrected chi connectivity index (χ3v) is 9.94. The molecule has 0 radical (unpaired) electrons. The van der Waals surface area contributed by atoms with Crippen LogP contribution in [-0.2, 0) is 32.6 Å². The minimum Gasteiger partial charge on any atom is -0.352 e. The molecule has 0 aliphatic carbocycles. The Morgan fingerprint density at radius 1 is 0.800 bits per heavy atom. The van der Waals surface area contributed by atoms with Crippen molar-refractivity contribution in [2.75, 3.05) is 10.8 Å². The number of carbonyl (C=O) groups excluding carboxylic acids is 2. The zero-order valence-corrected chi connectivity index (χ0v) is 27.6. The third-order valence-electron chi connectivity index (χ3n) is 8.16. The molecule has 236 valence electrons. The lowest BCUT2D eigenvalue weighted by Crippen LogP contribution is -2.54. The van der Waals surface area contributed by atoms with E-state index >= 15 is 0 Å².